The maximum Gasteiger partial charge on any atom is 0.146 e. The average Bonchev–Trinajstić information content (AvgIpc) is 3.92. The summed E-state index contributed by atoms with van der Waals surface area (Å²) in [5, 5.41) is 12.6. The van der Waals surface area contributed by atoms with Crippen molar-refractivity contribution in [2.45, 2.75) is 19.8 Å². The third-order valence-electron chi connectivity index (χ3n) is 13.0. The van der Waals surface area contributed by atoms with Crippen molar-refractivity contribution in [3.05, 3.63) is 199 Å². The zero-order chi connectivity index (χ0) is 39.5. The number of rotatable bonds is 3. The Balaban J connectivity index is 1.17. The molecule has 0 radical (unpaired) electrons. The molecule has 0 aliphatic carbocycles. The van der Waals surface area contributed by atoms with Crippen LogP contribution in [0.2, 0.25) is 0 Å². The molecule has 0 saturated carbocycles. The van der Waals surface area contributed by atoms with E-state index in [-0.39, 0.29) is 0 Å². The van der Waals surface area contributed by atoms with Crippen LogP contribution >= 0.6 is 11.3 Å². The fourth-order valence-corrected chi connectivity index (χ4v) is 11.4. The summed E-state index contributed by atoms with van der Waals surface area (Å²) in [5.74, 6) is 0.970. The monoisotopic (exact) mass is 783 g/mol. The van der Waals surface area contributed by atoms with Crippen molar-refractivity contribution in [3.8, 4) is 5.69 Å². The van der Waals surface area contributed by atoms with Crippen molar-refractivity contribution >= 4 is 114 Å². The van der Waals surface area contributed by atoms with Gasteiger partial charge in [0.1, 0.15) is 5.84 Å². The molecule has 0 unspecified atom stereocenters. The van der Waals surface area contributed by atoms with Crippen molar-refractivity contribution in [3.63, 3.8) is 0 Å². The minimum absolute atomic E-state index is 0.846. The topological polar surface area (TPSA) is 22.2 Å². The zero-order valence-electron chi connectivity index (χ0n) is 33.0. The number of nitrogens with zero attached hydrogens (tertiary/aromatic N) is 3. The van der Waals surface area contributed by atoms with E-state index in [1.54, 1.807) is 0 Å². The number of hydrogen-bond donors (Lipinski definition) is 0. The number of aliphatic imine (C=N–C) groups is 1. The Hall–Kier alpha value is -7.27. The summed E-state index contributed by atoms with van der Waals surface area (Å²) in [7, 11) is 0. The Labute approximate surface area is 350 Å². The van der Waals surface area contributed by atoms with E-state index in [9.17, 15) is 0 Å². The summed E-state index contributed by atoms with van der Waals surface area (Å²) < 4.78 is 7.60. The number of benzene rings is 9. The van der Waals surface area contributed by atoms with Gasteiger partial charge in [-0.05, 0) is 82.6 Å². The van der Waals surface area contributed by atoms with Crippen LogP contribution in [0.5, 0.6) is 0 Å². The van der Waals surface area contributed by atoms with Crippen molar-refractivity contribution in [1.82, 2.24) is 9.13 Å². The van der Waals surface area contributed by atoms with Gasteiger partial charge in [-0.25, -0.2) is 4.99 Å². The second kappa shape index (κ2) is 12.9. The second-order valence-electron chi connectivity index (χ2n) is 16.1. The highest BCUT2D eigenvalue weighted by atomic mass is 32.1. The smallest absolute Gasteiger partial charge is 0.146 e. The predicted molar refractivity (Wildman–Crippen MR) is 258 cm³/mol. The van der Waals surface area contributed by atoms with E-state index in [2.05, 4.69) is 198 Å². The third kappa shape index (κ3) is 4.80. The molecule has 13 rings (SSSR count). The molecule has 0 fully saturated rings. The minimum Gasteiger partial charge on any atom is -0.309 e. The molecule has 4 heterocycles. The average molecular weight is 784 g/mol. The van der Waals surface area contributed by atoms with E-state index in [1.165, 1.54) is 96.6 Å². The molecule has 9 aromatic carbocycles. The molecule has 282 valence electrons. The van der Waals surface area contributed by atoms with Gasteiger partial charge in [0, 0.05) is 58.4 Å². The zero-order valence-corrected chi connectivity index (χ0v) is 33.8. The maximum absolute atomic E-state index is 5.79. The molecule has 0 amide bonds. The Morgan fingerprint density at radius 2 is 1.18 bits per heavy atom. The molecule has 60 heavy (non-hydrogen) atoms. The van der Waals surface area contributed by atoms with E-state index >= 15 is 0 Å². The summed E-state index contributed by atoms with van der Waals surface area (Å²) in [6.07, 6.45) is 1.76. The summed E-state index contributed by atoms with van der Waals surface area (Å²) in [5.41, 5.74) is 11.9. The molecule has 0 bridgehead atoms. The number of allylic oxidation sites excluding steroid dienone is 2. The molecule has 0 spiro atoms. The van der Waals surface area contributed by atoms with Gasteiger partial charge in [0.15, 0.2) is 0 Å². The summed E-state index contributed by atoms with van der Waals surface area (Å²) >= 11 is 1.88. The lowest BCUT2D eigenvalue weighted by Crippen LogP contribution is -2.15. The highest BCUT2D eigenvalue weighted by Gasteiger charge is 2.27. The first-order valence-corrected chi connectivity index (χ1v) is 21.7. The number of hydrogen-bond acceptors (Lipinski definition) is 2. The van der Waals surface area contributed by atoms with Crippen LogP contribution in [-0.4, -0.2) is 15.0 Å². The molecular formula is C56H37N3S. The van der Waals surface area contributed by atoms with Gasteiger partial charge in [-0.1, -0.05) is 152 Å². The lowest BCUT2D eigenvalue weighted by Gasteiger charge is -2.19. The van der Waals surface area contributed by atoms with E-state index in [1.807, 2.05) is 11.3 Å². The SMILES string of the molecule is CCC1=C(c2ccc3c(c2)sc2ccccc23)C(n2c3cc(-n4c5ccccc5c5ccc6ccccc6c54)ccc3c3c4ccccc4ccc32)=Nc2ccccc2C1. The van der Waals surface area contributed by atoms with Gasteiger partial charge in [-0.2, -0.15) is 0 Å². The number of aromatic nitrogens is 2. The van der Waals surface area contributed by atoms with Crippen LogP contribution in [0.1, 0.15) is 24.5 Å². The molecule has 0 atom stereocenters. The Morgan fingerprint density at radius 1 is 0.500 bits per heavy atom. The first-order chi connectivity index (χ1) is 29.7. The van der Waals surface area contributed by atoms with Gasteiger partial charge in [0.05, 0.1) is 27.8 Å². The van der Waals surface area contributed by atoms with Gasteiger partial charge in [-0.3, -0.25) is 4.57 Å². The highest BCUT2D eigenvalue weighted by molar-refractivity contribution is 7.25. The lowest BCUT2D eigenvalue weighted by molar-refractivity contribution is 1.01. The van der Waals surface area contributed by atoms with E-state index in [0.717, 1.165) is 41.1 Å². The molecular weight excluding hydrogens is 747 g/mol. The van der Waals surface area contributed by atoms with Crippen molar-refractivity contribution in [1.29, 1.82) is 0 Å². The summed E-state index contributed by atoms with van der Waals surface area (Å²) in [4.78, 5) is 5.79. The van der Waals surface area contributed by atoms with Gasteiger partial charge in [0.2, 0.25) is 0 Å². The molecule has 0 N–H and O–H groups in total. The largest absolute Gasteiger partial charge is 0.309 e. The van der Waals surface area contributed by atoms with Gasteiger partial charge >= 0.3 is 0 Å². The van der Waals surface area contributed by atoms with E-state index in [0.29, 0.717) is 0 Å². The first kappa shape index (κ1) is 33.7. The van der Waals surface area contributed by atoms with Crippen LogP contribution in [0, 0.1) is 0 Å². The maximum atomic E-state index is 5.79. The molecule has 3 aromatic heterocycles. The fourth-order valence-electron chi connectivity index (χ4n) is 10.2. The van der Waals surface area contributed by atoms with Gasteiger partial charge in [0.25, 0.3) is 0 Å². The number of fused-ring (bicyclic) bond motifs is 14. The number of para-hydroxylation sites is 2. The van der Waals surface area contributed by atoms with Crippen LogP contribution < -0.4 is 0 Å². The molecule has 3 nitrogen and oxygen atoms in total. The van der Waals surface area contributed by atoms with Gasteiger partial charge < -0.3 is 4.57 Å². The van der Waals surface area contributed by atoms with Crippen LogP contribution in [0.25, 0.3) is 96.6 Å². The lowest BCUT2D eigenvalue weighted by atomic mass is 9.92. The van der Waals surface area contributed by atoms with Gasteiger partial charge in [-0.15, -0.1) is 11.3 Å². The fraction of sp³-hybridized carbons (Fsp3) is 0.0536. The third-order valence-corrected chi connectivity index (χ3v) is 14.1. The standard InChI is InChI=1S/C56H37N3S/c1-2-34-31-37-15-5-10-20-47(37)57-56(53(34)38-24-27-44-43-19-9-12-22-51(43)60-52(44)32-38)59-49-30-25-35-13-3-6-16-40(35)54(49)46-29-26-39(33-50(46)59)58-48-21-11-8-18-42(48)45-28-23-36-14-4-7-17-41(36)55(45)58/h3-30,32-33H,2,31H2,1H3. The molecule has 1 aliphatic rings. The van der Waals surface area contributed by atoms with Crippen LogP contribution in [0.3, 0.4) is 0 Å². The minimum atomic E-state index is 0.846. The van der Waals surface area contributed by atoms with Crippen LogP contribution in [-0.2, 0) is 6.42 Å². The van der Waals surface area contributed by atoms with Crippen LogP contribution in [0.4, 0.5) is 5.69 Å². The van der Waals surface area contributed by atoms with E-state index in [4.69, 9.17) is 4.99 Å². The summed E-state index contributed by atoms with van der Waals surface area (Å²) in [6.45, 7) is 2.31. The predicted octanol–water partition coefficient (Wildman–Crippen LogP) is 15.6. The summed E-state index contributed by atoms with van der Waals surface area (Å²) in [6, 6.07) is 67.4. The highest BCUT2D eigenvalue weighted by Crippen LogP contribution is 2.44. The Kier molecular flexibility index (Phi) is 7.22. The quantitative estimate of drug-likeness (QED) is 0.170. The Bertz CT molecular complexity index is 3850. The molecule has 4 heteroatoms. The van der Waals surface area contributed by atoms with Crippen LogP contribution in [0.15, 0.2) is 193 Å². The first-order valence-electron chi connectivity index (χ1n) is 20.9. The van der Waals surface area contributed by atoms with Crippen molar-refractivity contribution in [2.75, 3.05) is 0 Å². The molecule has 1 aliphatic heterocycles. The second-order valence-corrected chi connectivity index (χ2v) is 17.2. The normalized spacial score (nSPS) is 13.4. The molecule has 12 aromatic rings. The Morgan fingerprint density at radius 3 is 2.07 bits per heavy atom. The molecule has 0 saturated heterocycles. The number of thiophene rings is 1. The van der Waals surface area contributed by atoms with Crippen molar-refractivity contribution < 1.29 is 0 Å². The van der Waals surface area contributed by atoms with Crippen molar-refractivity contribution in [2.24, 2.45) is 4.99 Å². The van der Waals surface area contributed by atoms with E-state index < -0.39 is 0 Å².